The fourth-order valence-corrected chi connectivity index (χ4v) is 2.80. The molecule has 0 spiro atoms. The molecule has 0 saturated heterocycles. The first-order valence-corrected chi connectivity index (χ1v) is 7.72. The first-order chi connectivity index (χ1) is 12.3. The zero-order chi connectivity index (χ0) is 18.9. The molecule has 0 fully saturated rings. The van der Waals surface area contributed by atoms with Crippen LogP contribution in [0.25, 0.3) is 22.0 Å². The van der Waals surface area contributed by atoms with E-state index in [9.17, 15) is 18.0 Å². The lowest BCUT2D eigenvalue weighted by atomic mass is 9.99. The maximum atomic E-state index is 13.0. The number of carbonyl (C=O) groups excluding carboxylic acids is 1. The van der Waals surface area contributed by atoms with Gasteiger partial charge in [0.05, 0.1) is 18.4 Å². The molecule has 7 heteroatoms. The highest BCUT2D eigenvalue weighted by Crippen LogP contribution is 2.38. The number of nitrogens with one attached hydrogen (secondary N) is 1. The predicted octanol–water partition coefficient (Wildman–Crippen LogP) is 4.89. The van der Waals surface area contributed by atoms with E-state index in [1.165, 1.54) is 26.3 Å². The first kappa shape index (κ1) is 17.7. The number of pyridine rings is 1. The number of anilines is 1. The van der Waals surface area contributed by atoms with E-state index in [-0.39, 0.29) is 5.91 Å². The Labute approximate surface area is 147 Å². The smallest absolute Gasteiger partial charge is 0.416 e. The number of rotatable bonds is 3. The van der Waals surface area contributed by atoms with Crippen molar-refractivity contribution >= 4 is 22.5 Å². The normalized spacial score (nSPS) is 11.4. The van der Waals surface area contributed by atoms with Crippen molar-refractivity contribution < 1.29 is 22.7 Å². The molecule has 0 aliphatic heterocycles. The number of carbonyl (C=O) groups is 1. The van der Waals surface area contributed by atoms with E-state index in [1.807, 2.05) is 0 Å². The predicted molar refractivity (Wildman–Crippen MR) is 93.0 cm³/mol. The minimum absolute atomic E-state index is 0.267. The van der Waals surface area contributed by atoms with Gasteiger partial charge < -0.3 is 10.1 Å². The molecule has 0 unspecified atom stereocenters. The largest absolute Gasteiger partial charge is 0.492 e. The maximum Gasteiger partial charge on any atom is 0.416 e. The third-order valence-corrected chi connectivity index (χ3v) is 3.88. The lowest BCUT2D eigenvalue weighted by Gasteiger charge is -2.14. The molecule has 0 aliphatic carbocycles. The Balaban J connectivity index is 2.21. The average molecular weight is 360 g/mol. The number of benzene rings is 2. The summed E-state index contributed by atoms with van der Waals surface area (Å²) in [4.78, 5) is 15.6. The fraction of sp³-hybridized carbons (Fsp3) is 0.158. The van der Waals surface area contributed by atoms with Gasteiger partial charge in [-0.3, -0.25) is 9.78 Å². The van der Waals surface area contributed by atoms with Crippen LogP contribution < -0.4 is 10.1 Å². The number of nitrogens with zero attached hydrogens (tertiary/aromatic N) is 1. The molecule has 0 aliphatic rings. The standard InChI is InChI=1S/C19H15F3N2O2/c1-11(25)24-16-7-6-15-14(8-9-23-17(15)18(16)26-2)12-4-3-5-13(10-12)19(20,21)22/h3-10H,1-2H3,(H,24,25). The molecule has 1 heterocycles. The second kappa shape index (κ2) is 6.67. The summed E-state index contributed by atoms with van der Waals surface area (Å²) in [6.45, 7) is 1.37. The number of alkyl halides is 3. The van der Waals surface area contributed by atoms with Gasteiger partial charge in [-0.1, -0.05) is 12.1 Å². The summed E-state index contributed by atoms with van der Waals surface area (Å²) < 4.78 is 44.4. The van der Waals surface area contributed by atoms with Crippen LogP contribution in [0.2, 0.25) is 0 Å². The van der Waals surface area contributed by atoms with Crippen LogP contribution >= 0.6 is 0 Å². The highest BCUT2D eigenvalue weighted by Gasteiger charge is 2.30. The quantitative estimate of drug-likeness (QED) is 0.724. The van der Waals surface area contributed by atoms with Crippen molar-refractivity contribution in [2.75, 3.05) is 12.4 Å². The second-order valence-electron chi connectivity index (χ2n) is 5.66. The molecule has 1 aromatic heterocycles. The number of aromatic nitrogens is 1. The third-order valence-electron chi connectivity index (χ3n) is 3.88. The third kappa shape index (κ3) is 3.33. The van der Waals surface area contributed by atoms with Crippen molar-refractivity contribution in [1.29, 1.82) is 0 Å². The summed E-state index contributed by atoms with van der Waals surface area (Å²) in [6, 6.07) is 10.1. The van der Waals surface area contributed by atoms with E-state index < -0.39 is 11.7 Å². The highest BCUT2D eigenvalue weighted by molar-refractivity contribution is 6.02. The number of halogens is 3. The van der Waals surface area contributed by atoms with Gasteiger partial charge in [-0.25, -0.2) is 0 Å². The number of fused-ring (bicyclic) bond motifs is 1. The van der Waals surface area contributed by atoms with Crippen molar-refractivity contribution in [2.24, 2.45) is 0 Å². The average Bonchev–Trinajstić information content (AvgIpc) is 2.60. The van der Waals surface area contributed by atoms with Gasteiger partial charge in [0, 0.05) is 18.5 Å². The SMILES string of the molecule is COc1c(NC(C)=O)ccc2c(-c3cccc(C(F)(F)F)c3)ccnc12. The Morgan fingerprint density at radius 1 is 1.15 bits per heavy atom. The van der Waals surface area contributed by atoms with Gasteiger partial charge in [0.25, 0.3) is 0 Å². The topological polar surface area (TPSA) is 51.2 Å². The summed E-state index contributed by atoms with van der Waals surface area (Å²) in [7, 11) is 1.44. The monoisotopic (exact) mass is 360 g/mol. The van der Waals surface area contributed by atoms with E-state index >= 15 is 0 Å². The molecule has 4 nitrogen and oxygen atoms in total. The molecular weight excluding hydrogens is 345 g/mol. The molecule has 2 aromatic carbocycles. The molecule has 0 bridgehead atoms. The van der Waals surface area contributed by atoms with Crippen LogP contribution in [-0.4, -0.2) is 18.0 Å². The van der Waals surface area contributed by atoms with Crippen molar-refractivity contribution in [1.82, 2.24) is 4.98 Å². The van der Waals surface area contributed by atoms with Crippen molar-refractivity contribution in [3.8, 4) is 16.9 Å². The van der Waals surface area contributed by atoms with Crippen LogP contribution in [-0.2, 0) is 11.0 Å². The molecular formula is C19H15F3N2O2. The molecule has 0 radical (unpaired) electrons. The Morgan fingerprint density at radius 2 is 1.92 bits per heavy atom. The van der Waals surface area contributed by atoms with E-state index in [2.05, 4.69) is 10.3 Å². The lowest BCUT2D eigenvalue weighted by molar-refractivity contribution is -0.137. The van der Waals surface area contributed by atoms with Gasteiger partial charge in [0.2, 0.25) is 5.91 Å². The van der Waals surface area contributed by atoms with Crippen LogP contribution in [0.1, 0.15) is 12.5 Å². The number of ether oxygens (including phenoxy) is 1. The Bertz CT molecular complexity index is 984. The fourth-order valence-electron chi connectivity index (χ4n) is 2.80. The second-order valence-corrected chi connectivity index (χ2v) is 5.66. The van der Waals surface area contributed by atoms with Gasteiger partial charge >= 0.3 is 6.18 Å². The van der Waals surface area contributed by atoms with Gasteiger partial charge in [-0.05, 0) is 41.5 Å². The number of amides is 1. The van der Waals surface area contributed by atoms with E-state index in [0.29, 0.717) is 33.5 Å². The van der Waals surface area contributed by atoms with Crippen LogP contribution in [0.3, 0.4) is 0 Å². The van der Waals surface area contributed by atoms with Gasteiger partial charge in [-0.2, -0.15) is 13.2 Å². The molecule has 0 saturated carbocycles. The Morgan fingerprint density at radius 3 is 2.58 bits per heavy atom. The van der Waals surface area contributed by atoms with Crippen LogP contribution in [0.5, 0.6) is 5.75 Å². The number of methoxy groups -OCH3 is 1. The van der Waals surface area contributed by atoms with E-state index in [0.717, 1.165) is 12.1 Å². The zero-order valence-electron chi connectivity index (χ0n) is 14.0. The van der Waals surface area contributed by atoms with Gasteiger partial charge in [0.15, 0.2) is 5.75 Å². The molecule has 134 valence electrons. The van der Waals surface area contributed by atoms with E-state index in [4.69, 9.17) is 4.74 Å². The van der Waals surface area contributed by atoms with Gasteiger partial charge in [0.1, 0.15) is 5.52 Å². The molecule has 26 heavy (non-hydrogen) atoms. The minimum Gasteiger partial charge on any atom is -0.492 e. The van der Waals surface area contributed by atoms with Crippen LogP contribution in [0.15, 0.2) is 48.7 Å². The minimum atomic E-state index is -4.42. The summed E-state index contributed by atoms with van der Waals surface area (Å²) in [5.41, 5.74) is 1.19. The summed E-state index contributed by atoms with van der Waals surface area (Å²) in [5.74, 6) is 0.0863. The van der Waals surface area contributed by atoms with Crippen molar-refractivity contribution in [2.45, 2.75) is 13.1 Å². The molecule has 3 rings (SSSR count). The van der Waals surface area contributed by atoms with Crippen LogP contribution in [0, 0.1) is 0 Å². The molecule has 1 N–H and O–H groups in total. The summed E-state index contributed by atoms with van der Waals surface area (Å²) in [6.07, 6.45) is -2.92. The summed E-state index contributed by atoms with van der Waals surface area (Å²) in [5, 5.41) is 3.27. The van der Waals surface area contributed by atoms with Crippen molar-refractivity contribution in [3.05, 3.63) is 54.2 Å². The summed E-state index contributed by atoms with van der Waals surface area (Å²) >= 11 is 0. The van der Waals surface area contributed by atoms with Crippen LogP contribution in [0.4, 0.5) is 18.9 Å². The van der Waals surface area contributed by atoms with E-state index in [1.54, 1.807) is 24.3 Å². The first-order valence-electron chi connectivity index (χ1n) is 7.72. The van der Waals surface area contributed by atoms with Crippen molar-refractivity contribution in [3.63, 3.8) is 0 Å². The molecule has 1 amide bonds. The zero-order valence-corrected chi connectivity index (χ0v) is 14.0. The Kier molecular flexibility index (Phi) is 4.54. The Hall–Kier alpha value is -3.09. The van der Waals surface area contributed by atoms with Gasteiger partial charge in [-0.15, -0.1) is 0 Å². The number of hydrogen-bond donors (Lipinski definition) is 1. The molecule has 3 aromatic rings. The number of hydrogen-bond acceptors (Lipinski definition) is 3. The highest BCUT2D eigenvalue weighted by atomic mass is 19.4. The maximum absolute atomic E-state index is 13.0. The lowest BCUT2D eigenvalue weighted by Crippen LogP contribution is -2.07. The molecule has 0 atom stereocenters.